The fourth-order valence-corrected chi connectivity index (χ4v) is 3.76. The first-order chi connectivity index (χ1) is 14.6. The van der Waals surface area contributed by atoms with Gasteiger partial charge in [0.15, 0.2) is 11.7 Å². The Labute approximate surface area is 178 Å². The van der Waals surface area contributed by atoms with E-state index in [9.17, 15) is 9.59 Å². The van der Waals surface area contributed by atoms with E-state index in [1.165, 1.54) is 17.4 Å². The average Bonchev–Trinajstić information content (AvgIpc) is 3.23. The number of fused-ring (bicyclic) bond motifs is 1. The molecule has 0 saturated carbocycles. The summed E-state index contributed by atoms with van der Waals surface area (Å²) < 4.78 is 5.52. The number of ether oxygens (including phenoxy) is 1. The van der Waals surface area contributed by atoms with Crippen molar-refractivity contribution in [3.63, 3.8) is 0 Å². The maximum Gasteiger partial charge on any atom is 0.265 e. The number of anilines is 2. The molecular formula is C23H19N3O3S. The summed E-state index contributed by atoms with van der Waals surface area (Å²) in [7, 11) is 0. The highest BCUT2D eigenvalue weighted by Crippen LogP contribution is 2.36. The number of thiazole rings is 1. The third kappa shape index (κ3) is 4.31. The van der Waals surface area contributed by atoms with Gasteiger partial charge in [-0.25, -0.2) is 4.98 Å². The molecule has 6 nitrogen and oxygen atoms in total. The SMILES string of the molecule is C=CCN1C(=O)COc2ccc(-c3csc(NC(=O)/C=C/c4ccccc4)n3)cc21. The van der Waals surface area contributed by atoms with Crippen LogP contribution >= 0.6 is 11.3 Å². The van der Waals surface area contributed by atoms with Crippen LogP contribution in [0.3, 0.4) is 0 Å². The number of nitrogens with one attached hydrogen (secondary N) is 1. The van der Waals surface area contributed by atoms with E-state index >= 15 is 0 Å². The van der Waals surface area contributed by atoms with Crippen molar-refractivity contribution in [1.29, 1.82) is 0 Å². The standard InChI is InChI=1S/C23H19N3O3S/c1-2-12-26-19-13-17(9-10-20(19)29-14-22(26)28)18-15-30-23(24-18)25-21(27)11-8-16-6-4-3-5-7-16/h2-11,13,15H,1,12,14H2,(H,24,25,27)/b11-8+. The van der Waals surface area contributed by atoms with Crippen LogP contribution in [0.5, 0.6) is 5.75 Å². The van der Waals surface area contributed by atoms with Crippen LogP contribution < -0.4 is 15.0 Å². The molecule has 3 aromatic rings. The molecule has 7 heteroatoms. The minimum atomic E-state index is -0.249. The summed E-state index contributed by atoms with van der Waals surface area (Å²) in [5.74, 6) is 0.285. The number of benzene rings is 2. The Balaban J connectivity index is 1.50. The van der Waals surface area contributed by atoms with E-state index in [1.807, 2.05) is 53.9 Å². The van der Waals surface area contributed by atoms with Crippen molar-refractivity contribution in [2.75, 3.05) is 23.4 Å². The van der Waals surface area contributed by atoms with Gasteiger partial charge in [0.2, 0.25) is 5.91 Å². The van der Waals surface area contributed by atoms with Gasteiger partial charge >= 0.3 is 0 Å². The second-order valence-corrected chi connectivity index (χ2v) is 7.39. The molecule has 0 atom stereocenters. The highest BCUT2D eigenvalue weighted by atomic mass is 32.1. The Hall–Kier alpha value is -3.71. The maximum absolute atomic E-state index is 12.2. The van der Waals surface area contributed by atoms with Gasteiger partial charge in [0.25, 0.3) is 5.91 Å². The molecule has 0 radical (unpaired) electrons. The van der Waals surface area contributed by atoms with Crippen molar-refractivity contribution >= 4 is 40.0 Å². The zero-order valence-corrected chi connectivity index (χ0v) is 16.9. The van der Waals surface area contributed by atoms with E-state index in [2.05, 4.69) is 16.9 Å². The van der Waals surface area contributed by atoms with Crippen LogP contribution in [0.4, 0.5) is 10.8 Å². The molecule has 0 spiro atoms. The quantitative estimate of drug-likeness (QED) is 0.477. The van der Waals surface area contributed by atoms with Gasteiger partial charge in [-0.15, -0.1) is 17.9 Å². The minimum Gasteiger partial charge on any atom is -0.482 e. The van der Waals surface area contributed by atoms with Gasteiger partial charge < -0.3 is 9.64 Å². The lowest BCUT2D eigenvalue weighted by molar-refractivity contribution is -0.121. The Morgan fingerprint density at radius 2 is 2.10 bits per heavy atom. The minimum absolute atomic E-state index is 0.0174. The lowest BCUT2D eigenvalue weighted by Crippen LogP contribution is -2.38. The third-order valence-electron chi connectivity index (χ3n) is 4.47. The zero-order chi connectivity index (χ0) is 20.9. The normalized spacial score (nSPS) is 13.1. The molecule has 2 amide bonds. The molecule has 0 unspecified atom stereocenters. The number of aromatic nitrogens is 1. The van der Waals surface area contributed by atoms with Gasteiger partial charge in [-0.1, -0.05) is 36.4 Å². The van der Waals surface area contributed by atoms with Gasteiger partial charge in [0.1, 0.15) is 5.75 Å². The van der Waals surface area contributed by atoms with Crippen molar-refractivity contribution in [2.45, 2.75) is 0 Å². The van der Waals surface area contributed by atoms with Crippen molar-refractivity contribution in [3.05, 3.63) is 78.2 Å². The average molecular weight is 417 g/mol. The van der Waals surface area contributed by atoms with Crippen LogP contribution in [0.15, 0.2) is 72.6 Å². The van der Waals surface area contributed by atoms with Crippen LogP contribution in [0, 0.1) is 0 Å². The monoisotopic (exact) mass is 417 g/mol. The van der Waals surface area contributed by atoms with Crippen LogP contribution in [0.2, 0.25) is 0 Å². The van der Waals surface area contributed by atoms with E-state index in [1.54, 1.807) is 17.1 Å². The first-order valence-electron chi connectivity index (χ1n) is 9.32. The summed E-state index contributed by atoms with van der Waals surface area (Å²) >= 11 is 1.34. The van der Waals surface area contributed by atoms with E-state index < -0.39 is 0 Å². The second-order valence-electron chi connectivity index (χ2n) is 6.54. The molecule has 1 aromatic heterocycles. The third-order valence-corrected chi connectivity index (χ3v) is 5.23. The van der Waals surface area contributed by atoms with Crippen molar-refractivity contribution in [2.24, 2.45) is 0 Å². The summed E-state index contributed by atoms with van der Waals surface area (Å²) in [6, 6.07) is 15.2. The molecule has 150 valence electrons. The Bertz CT molecular complexity index is 1120. The fourth-order valence-electron chi connectivity index (χ4n) is 3.04. The van der Waals surface area contributed by atoms with Crippen LogP contribution in [0.1, 0.15) is 5.56 Å². The molecular weight excluding hydrogens is 398 g/mol. The van der Waals surface area contributed by atoms with E-state index in [0.717, 1.165) is 11.1 Å². The maximum atomic E-state index is 12.2. The van der Waals surface area contributed by atoms with Gasteiger partial charge in [0, 0.05) is 23.6 Å². The highest BCUT2D eigenvalue weighted by molar-refractivity contribution is 7.14. The second kappa shape index (κ2) is 8.75. The summed E-state index contributed by atoms with van der Waals surface area (Å²) in [4.78, 5) is 30.5. The Morgan fingerprint density at radius 3 is 2.90 bits per heavy atom. The molecule has 0 fully saturated rings. The fraction of sp³-hybridized carbons (Fsp3) is 0.0870. The van der Waals surface area contributed by atoms with Crippen molar-refractivity contribution < 1.29 is 14.3 Å². The van der Waals surface area contributed by atoms with Crippen molar-refractivity contribution in [3.8, 4) is 17.0 Å². The molecule has 2 aromatic carbocycles. The predicted octanol–water partition coefficient (Wildman–Crippen LogP) is 4.37. The predicted molar refractivity (Wildman–Crippen MR) is 120 cm³/mol. The summed E-state index contributed by atoms with van der Waals surface area (Å²) in [5, 5.41) is 5.14. The topological polar surface area (TPSA) is 71.5 Å². The summed E-state index contributed by atoms with van der Waals surface area (Å²) in [6.07, 6.45) is 4.91. The van der Waals surface area contributed by atoms with E-state index in [-0.39, 0.29) is 18.4 Å². The number of carbonyl (C=O) groups excluding carboxylic acids is 2. The number of hydrogen-bond acceptors (Lipinski definition) is 5. The van der Waals surface area contributed by atoms with E-state index in [0.29, 0.717) is 28.8 Å². The molecule has 30 heavy (non-hydrogen) atoms. The number of rotatable bonds is 6. The molecule has 4 rings (SSSR count). The van der Waals surface area contributed by atoms with Gasteiger partial charge in [0.05, 0.1) is 11.4 Å². The zero-order valence-electron chi connectivity index (χ0n) is 16.1. The van der Waals surface area contributed by atoms with Gasteiger partial charge in [-0.3, -0.25) is 14.9 Å². The summed E-state index contributed by atoms with van der Waals surface area (Å²) in [5.41, 5.74) is 3.18. The lowest BCUT2D eigenvalue weighted by atomic mass is 10.1. The number of amides is 2. The van der Waals surface area contributed by atoms with Crippen LogP contribution in [-0.2, 0) is 9.59 Å². The van der Waals surface area contributed by atoms with E-state index in [4.69, 9.17) is 4.74 Å². The molecule has 0 bridgehead atoms. The van der Waals surface area contributed by atoms with Crippen LogP contribution in [0.25, 0.3) is 17.3 Å². The highest BCUT2D eigenvalue weighted by Gasteiger charge is 2.25. The van der Waals surface area contributed by atoms with Crippen molar-refractivity contribution in [1.82, 2.24) is 4.98 Å². The van der Waals surface area contributed by atoms with Gasteiger partial charge in [-0.05, 0) is 29.8 Å². The Kier molecular flexibility index (Phi) is 5.72. The molecule has 0 saturated heterocycles. The number of nitrogens with zero attached hydrogens (tertiary/aromatic N) is 2. The molecule has 1 aliphatic rings. The van der Waals surface area contributed by atoms with Gasteiger partial charge in [-0.2, -0.15) is 0 Å². The molecule has 1 N–H and O–H groups in total. The smallest absolute Gasteiger partial charge is 0.265 e. The van der Waals surface area contributed by atoms with Crippen LogP contribution in [-0.4, -0.2) is 29.9 Å². The Morgan fingerprint density at radius 1 is 1.27 bits per heavy atom. The lowest BCUT2D eigenvalue weighted by Gasteiger charge is -2.28. The molecule has 2 heterocycles. The largest absolute Gasteiger partial charge is 0.482 e. The first kappa shape index (κ1) is 19.6. The number of hydrogen-bond donors (Lipinski definition) is 1. The summed E-state index contributed by atoms with van der Waals surface area (Å²) in [6.45, 7) is 4.14. The first-order valence-corrected chi connectivity index (χ1v) is 10.2. The molecule has 1 aliphatic heterocycles. The number of carbonyl (C=O) groups is 2. The molecule has 0 aliphatic carbocycles.